The summed E-state index contributed by atoms with van der Waals surface area (Å²) in [6.07, 6.45) is 7.89. The van der Waals surface area contributed by atoms with Crippen molar-refractivity contribution in [3.05, 3.63) is 77.6 Å². The third-order valence-electron chi connectivity index (χ3n) is 7.95. The maximum absolute atomic E-state index is 12.7. The van der Waals surface area contributed by atoms with Crippen molar-refractivity contribution in [1.82, 2.24) is 19.2 Å². The lowest BCUT2D eigenvalue weighted by Gasteiger charge is -2.46. The normalized spacial score (nSPS) is 22.9. The van der Waals surface area contributed by atoms with Crippen molar-refractivity contribution in [2.24, 2.45) is 7.05 Å². The summed E-state index contributed by atoms with van der Waals surface area (Å²) in [5, 5.41) is 0.0607. The van der Waals surface area contributed by atoms with Crippen LogP contribution in [-0.2, 0) is 29.9 Å². The van der Waals surface area contributed by atoms with E-state index in [0.29, 0.717) is 25.0 Å². The first kappa shape index (κ1) is 22.8. The van der Waals surface area contributed by atoms with Crippen LogP contribution in [0.5, 0.6) is 0 Å². The van der Waals surface area contributed by atoms with E-state index in [4.69, 9.17) is 0 Å². The van der Waals surface area contributed by atoms with Crippen molar-refractivity contribution < 1.29 is 8.42 Å². The zero-order valence-corrected chi connectivity index (χ0v) is 21.0. The minimum Gasteiger partial charge on any atom is -0.368 e. The molecule has 1 aromatic heterocycles. The Kier molecular flexibility index (Phi) is 5.90. The van der Waals surface area contributed by atoms with Gasteiger partial charge >= 0.3 is 0 Å². The Hall–Kier alpha value is -2.68. The number of likely N-dealkylation sites (tertiary alicyclic amines) is 1. The summed E-state index contributed by atoms with van der Waals surface area (Å²) in [6, 6.07) is 18.3. The smallest absolute Gasteiger partial charge is 0.274 e. The van der Waals surface area contributed by atoms with Crippen LogP contribution in [-0.4, -0.2) is 61.1 Å². The molecule has 2 aliphatic heterocycles. The number of fused-ring (bicyclic) bond motifs is 1. The number of nitrogens with one attached hydrogen (secondary N) is 1. The highest BCUT2D eigenvalue weighted by Gasteiger charge is 2.37. The van der Waals surface area contributed by atoms with Crippen LogP contribution in [0.4, 0.5) is 5.69 Å². The molecule has 0 amide bonds. The van der Waals surface area contributed by atoms with E-state index in [-0.39, 0.29) is 11.2 Å². The maximum Gasteiger partial charge on any atom is 0.274 e. The van der Waals surface area contributed by atoms with E-state index in [9.17, 15) is 8.42 Å². The predicted molar refractivity (Wildman–Crippen MR) is 137 cm³/mol. The lowest BCUT2D eigenvalue weighted by Crippen LogP contribution is -2.59. The van der Waals surface area contributed by atoms with Crippen molar-refractivity contribution in [1.29, 1.82) is 0 Å². The third-order valence-corrected chi connectivity index (χ3v) is 9.46. The Morgan fingerprint density at radius 3 is 2.57 bits per heavy atom. The molecular weight excluding hydrogens is 458 g/mol. The molecule has 3 heterocycles. The molecule has 0 spiro atoms. The molecule has 184 valence electrons. The number of benzene rings is 2. The number of sulfonamides is 1. The topological polar surface area (TPSA) is 70.5 Å². The predicted octanol–water partition coefficient (Wildman–Crippen LogP) is 2.93. The largest absolute Gasteiger partial charge is 0.368 e. The standard InChI is InChI=1S/C27H33N5O2S/c1-30-15-12-28-27(30)35(33,34)29-22-18-32(19-22)23-10-8-21-9-11-26(31-13-5-14-31)25(24(21)17-23)16-20-6-3-2-4-7-20/h2-4,6-8,10,12,15,17,22,25-26,29H,5,9,11,13-14,16,18-19H2,1H3/t25-,26+/m1/s1. The van der Waals surface area contributed by atoms with Gasteiger partial charge in [0.25, 0.3) is 10.0 Å². The second-order valence-electron chi connectivity index (χ2n) is 10.2. The quantitative estimate of drug-likeness (QED) is 0.550. The van der Waals surface area contributed by atoms with Gasteiger partial charge in [0, 0.05) is 50.2 Å². The highest BCUT2D eigenvalue weighted by atomic mass is 32.2. The van der Waals surface area contributed by atoms with E-state index in [2.05, 4.69) is 68.0 Å². The molecule has 0 bridgehead atoms. The first-order valence-electron chi connectivity index (χ1n) is 12.6. The molecule has 2 aromatic carbocycles. The highest BCUT2D eigenvalue weighted by molar-refractivity contribution is 7.89. The summed E-state index contributed by atoms with van der Waals surface area (Å²) in [6.45, 7) is 3.77. The van der Waals surface area contributed by atoms with Gasteiger partial charge in [0.05, 0.1) is 6.04 Å². The Balaban J connectivity index is 1.20. The summed E-state index contributed by atoms with van der Waals surface area (Å²) in [4.78, 5) is 8.95. The van der Waals surface area contributed by atoms with Gasteiger partial charge in [-0.3, -0.25) is 4.90 Å². The summed E-state index contributed by atoms with van der Waals surface area (Å²) >= 11 is 0. The van der Waals surface area contributed by atoms with E-state index in [0.717, 1.165) is 12.8 Å². The van der Waals surface area contributed by atoms with Gasteiger partial charge in [-0.05, 0) is 67.6 Å². The molecule has 35 heavy (non-hydrogen) atoms. The molecule has 1 N–H and O–H groups in total. The molecule has 8 heteroatoms. The molecule has 3 aromatic rings. The number of rotatable bonds is 7. The molecule has 6 rings (SSSR count). The van der Waals surface area contributed by atoms with Gasteiger partial charge in [0.15, 0.2) is 0 Å². The molecule has 2 fully saturated rings. The lowest BCUT2D eigenvalue weighted by molar-refractivity contribution is 0.0877. The van der Waals surface area contributed by atoms with Gasteiger partial charge < -0.3 is 9.47 Å². The van der Waals surface area contributed by atoms with Gasteiger partial charge in [-0.2, -0.15) is 0 Å². The Labute approximate surface area is 207 Å². The fourth-order valence-corrected chi connectivity index (χ4v) is 7.27. The van der Waals surface area contributed by atoms with Crippen molar-refractivity contribution in [3.63, 3.8) is 0 Å². The van der Waals surface area contributed by atoms with Crippen LogP contribution >= 0.6 is 0 Å². The van der Waals surface area contributed by atoms with Gasteiger partial charge in [-0.1, -0.05) is 36.4 Å². The van der Waals surface area contributed by atoms with Crippen LogP contribution in [0.3, 0.4) is 0 Å². The zero-order chi connectivity index (χ0) is 24.0. The van der Waals surface area contributed by atoms with E-state index < -0.39 is 10.0 Å². The van der Waals surface area contributed by atoms with Crippen molar-refractivity contribution >= 4 is 15.7 Å². The number of anilines is 1. The Morgan fingerprint density at radius 2 is 1.89 bits per heavy atom. The molecule has 7 nitrogen and oxygen atoms in total. The summed E-state index contributed by atoms with van der Waals surface area (Å²) in [7, 11) is -1.92. The molecule has 2 atom stereocenters. The van der Waals surface area contributed by atoms with Gasteiger partial charge in [-0.25, -0.2) is 18.1 Å². The molecular formula is C27H33N5O2S. The van der Waals surface area contributed by atoms with Crippen LogP contribution in [0.1, 0.15) is 35.4 Å². The molecule has 3 aliphatic rings. The molecule has 0 unspecified atom stereocenters. The number of nitrogens with zero attached hydrogens (tertiary/aromatic N) is 4. The van der Waals surface area contributed by atoms with E-state index in [1.54, 1.807) is 13.2 Å². The number of aromatic nitrogens is 2. The molecule has 0 radical (unpaired) electrons. The molecule has 1 aliphatic carbocycles. The average Bonchev–Trinajstić information content (AvgIpc) is 3.24. The molecule has 0 saturated carbocycles. The van der Waals surface area contributed by atoms with E-state index in [1.165, 1.54) is 59.1 Å². The van der Waals surface area contributed by atoms with Crippen LogP contribution < -0.4 is 9.62 Å². The minimum absolute atomic E-state index is 0.0607. The van der Waals surface area contributed by atoms with Crippen LogP contribution in [0.15, 0.2) is 66.1 Å². The monoisotopic (exact) mass is 491 g/mol. The molecule has 2 saturated heterocycles. The highest BCUT2D eigenvalue weighted by Crippen LogP contribution is 2.40. The van der Waals surface area contributed by atoms with Gasteiger partial charge in [0.1, 0.15) is 0 Å². The summed E-state index contributed by atoms with van der Waals surface area (Å²) < 4.78 is 29.7. The van der Waals surface area contributed by atoms with Crippen LogP contribution in [0.2, 0.25) is 0 Å². The second kappa shape index (κ2) is 9.08. The van der Waals surface area contributed by atoms with E-state index >= 15 is 0 Å². The zero-order valence-electron chi connectivity index (χ0n) is 20.2. The van der Waals surface area contributed by atoms with Crippen molar-refractivity contribution in [2.45, 2.75) is 48.8 Å². The Bertz CT molecular complexity index is 1300. The third kappa shape index (κ3) is 4.39. The number of imidazole rings is 1. The lowest BCUT2D eigenvalue weighted by atomic mass is 9.74. The fraction of sp³-hybridized carbons (Fsp3) is 0.444. The number of aryl methyl sites for hydroxylation is 2. The Morgan fingerprint density at radius 1 is 1.09 bits per heavy atom. The minimum atomic E-state index is -3.61. The van der Waals surface area contributed by atoms with Crippen molar-refractivity contribution in [3.8, 4) is 0 Å². The van der Waals surface area contributed by atoms with E-state index in [1.807, 2.05) is 0 Å². The van der Waals surface area contributed by atoms with Gasteiger partial charge in [-0.15, -0.1) is 0 Å². The fourth-order valence-electron chi connectivity index (χ4n) is 5.93. The summed E-state index contributed by atoms with van der Waals surface area (Å²) in [5.41, 5.74) is 5.54. The van der Waals surface area contributed by atoms with Crippen molar-refractivity contribution in [2.75, 3.05) is 31.1 Å². The van der Waals surface area contributed by atoms with Crippen LogP contribution in [0, 0.1) is 0 Å². The first-order valence-corrected chi connectivity index (χ1v) is 14.1. The SMILES string of the molecule is Cn1ccnc1S(=O)(=O)NC1CN(c2ccc3c(c2)[C@@H](Cc2ccccc2)[C@@H](N2CCC2)CC3)C1. The maximum atomic E-state index is 12.7. The van der Waals surface area contributed by atoms with Crippen LogP contribution in [0.25, 0.3) is 0 Å². The van der Waals surface area contributed by atoms with Gasteiger partial charge in [0.2, 0.25) is 5.16 Å². The summed E-state index contributed by atoms with van der Waals surface area (Å²) in [5.74, 6) is 0.486. The number of hydrogen-bond donors (Lipinski definition) is 1. The second-order valence-corrected chi connectivity index (χ2v) is 11.8. The first-order chi connectivity index (χ1) is 17.0. The number of hydrogen-bond acceptors (Lipinski definition) is 5. The average molecular weight is 492 g/mol.